The molecule has 1 saturated carbocycles. The largest absolute Gasteiger partial charge is 0.489 e. The lowest BCUT2D eigenvalue weighted by molar-refractivity contribution is -0.384. The molecule has 2 aliphatic carbocycles. The van der Waals surface area contributed by atoms with Crippen molar-refractivity contribution < 1.29 is 47.8 Å². The number of unbranched alkanes of at least 4 members (excludes halogenated alkanes) is 10. The minimum Gasteiger partial charge on any atom is -0.489 e. The lowest BCUT2D eigenvalue weighted by atomic mass is 9.55. The van der Waals surface area contributed by atoms with E-state index in [9.17, 15) is 29.1 Å². The number of amides is 1. The molecular formula is C60H75F2N3O9. The summed E-state index contributed by atoms with van der Waals surface area (Å²) in [5.41, 5.74) is 4.03. The first-order valence-corrected chi connectivity index (χ1v) is 26.9. The molecule has 398 valence electrons. The first-order valence-electron chi connectivity index (χ1n) is 26.9. The fourth-order valence-corrected chi connectivity index (χ4v) is 11.3. The molecule has 0 aromatic heterocycles. The molecule has 6 atom stereocenters. The van der Waals surface area contributed by atoms with Crippen molar-refractivity contribution in [3.05, 3.63) is 159 Å². The number of nitrogens with zero attached hydrogens (tertiary/aromatic N) is 3. The number of hydrogen-bond donors (Lipinski definition) is 2. The maximum Gasteiger partial charge on any atom is 0.269 e. The molecule has 12 nitrogen and oxygen atoms in total. The highest BCUT2D eigenvalue weighted by Gasteiger charge is 2.65. The van der Waals surface area contributed by atoms with E-state index < -0.39 is 28.5 Å². The number of nitro groups is 1. The molecule has 0 bridgehead atoms. The minimum atomic E-state index is -1.54. The second-order valence-corrected chi connectivity index (χ2v) is 20.1. The Hall–Kier alpha value is -5.96. The van der Waals surface area contributed by atoms with E-state index in [1.165, 1.54) is 62.4 Å². The molecule has 1 fully saturated rings. The van der Waals surface area contributed by atoms with E-state index in [0.29, 0.717) is 47.6 Å². The molecule has 14 heteroatoms. The fourth-order valence-electron chi connectivity index (χ4n) is 11.3. The zero-order valence-corrected chi connectivity index (χ0v) is 43.0. The van der Waals surface area contributed by atoms with Gasteiger partial charge in [-0.3, -0.25) is 14.9 Å². The topological polar surface area (TPSA) is 153 Å². The van der Waals surface area contributed by atoms with Gasteiger partial charge in [0.25, 0.3) is 5.69 Å². The van der Waals surface area contributed by atoms with Gasteiger partial charge in [-0.15, -0.1) is 6.58 Å². The molecule has 0 radical (unpaired) electrons. The van der Waals surface area contributed by atoms with Crippen LogP contribution in [0.5, 0.6) is 11.5 Å². The van der Waals surface area contributed by atoms with Gasteiger partial charge in [-0.2, -0.15) is 0 Å². The third-order valence-corrected chi connectivity index (χ3v) is 15.0. The molecule has 2 N–H and O–H groups in total. The summed E-state index contributed by atoms with van der Waals surface area (Å²) < 4.78 is 50.5. The van der Waals surface area contributed by atoms with Crippen LogP contribution in [0.25, 0.3) is 0 Å². The maximum atomic E-state index is 15.3. The van der Waals surface area contributed by atoms with Crippen molar-refractivity contribution in [1.82, 2.24) is 4.90 Å². The SMILES string of the molecule is C=CCO[C@@]12Oc3ccc(OCc4ccccc4F)cc3[C@H]3[C@H](CCCCO)[C@@H](CCCCO)C=C(C(=NOCc4ccc([N+](=O)[O-])cc4)C[C@@H]1N(Cc1ccc(F)cc1)C(=O)CCCCCCCCCCC)[C@H]32. The van der Waals surface area contributed by atoms with Crippen LogP contribution in [0.2, 0.25) is 0 Å². The highest BCUT2D eigenvalue weighted by Crippen LogP contribution is 2.62. The number of nitro benzene ring substituents is 1. The standard InChI is InChI=1S/C60H75F2N3O9/c1-3-5-6-7-8-9-10-11-12-23-57(68)64(40-43-24-28-47(61)29-25-43)56-39-54(63-73-41-44-26-30-48(31-27-44)65(69)70)51-37-45(19-15-17-34-66)50(21-16-18-35-67)58-52-38-49(71-42-46-20-13-14-22-53(46)62)32-33-55(52)74-60(56,59(51)58)72-36-4-2/h4,13-14,20,22,24-33,37-38,45,50,56,58-59,66-67H,2-3,5-12,15-19,21,23,34-36,39-42H2,1H3/t45-,50+,56-,58+,59+,60+/m0/s1. The number of oxime groups is 1. The zero-order chi connectivity index (χ0) is 52.3. The van der Waals surface area contributed by atoms with Gasteiger partial charge in [-0.1, -0.05) is 119 Å². The Morgan fingerprint density at radius 2 is 1.55 bits per heavy atom. The van der Waals surface area contributed by atoms with Gasteiger partial charge in [0.05, 0.1) is 23.2 Å². The smallest absolute Gasteiger partial charge is 0.269 e. The summed E-state index contributed by atoms with van der Waals surface area (Å²) in [6, 6.07) is 23.6. The summed E-state index contributed by atoms with van der Waals surface area (Å²) in [5.74, 6) is -2.41. The van der Waals surface area contributed by atoms with Crippen LogP contribution in [-0.4, -0.2) is 63.3 Å². The van der Waals surface area contributed by atoms with E-state index in [2.05, 4.69) is 19.6 Å². The van der Waals surface area contributed by atoms with E-state index in [-0.39, 0.29) is 87.6 Å². The summed E-state index contributed by atoms with van der Waals surface area (Å²) in [4.78, 5) is 34.4. The Morgan fingerprint density at radius 1 is 0.865 bits per heavy atom. The summed E-state index contributed by atoms with van der Waals surface area (Å²) >= 11 is 0. The number of hydrogen-bond acceptors (Lipinski definition) is 10. The second-order valence-electron chi connectivity index (χ2n) is 20.1. The summed E-state index contributed by atoms with van der Waals surface area (Å²) in [5, 5.41) is 36.5. The van der Waals surface area contributed by atoms with Crippen LogP contribution in [0.1, 0.15) is 144 Å². The molecule has 0 spiro atoms. The Labute approximate surface area is 435 Å². The Bertz CT molecular complexity index is 2500. The van der Waals surface area contributed by atoms with Gasteiger partial charge in [0.15, 0.2) is 0 Å². The van der Waals surface area contributed by atoms with E-state index in [1.54, 1.807) is 48.5 Å². The fraction of sp³-hybridized carbons (Fsp3) is 0.500. The van der Waals surface area contributed by atoms with Crippen LogP contribution in [-0.2, 0) is 34.1 Å². The Kier molecular flexibility index (Phi) is 21.2. The van der Waals surface area contributed by atoms with Gasteiger partial charge < -0.3 is 34.2 Å². The average Bonchev–Trinajstić information content (AvgIpc) is 3.42. The third-order valence-electron chi connectivity index (χ3n) is 15.0. The molecular weight excluding hydrogens is 945 g/mol. The van der Waals surface area contributed by atoms with Gasteiger partial charge in [0.2, 0.25) is 11.7 Å². The van der Waals surface area contributed by atoms with Gasteiger partial charge >= 0.3 is 0 Å². The van der Waals surface area contributed by atoms with Crippen LogP contribution in [0.4, 0.5) is 14.5 Å². The van der Waals surface area contributed by atoms with E-state index in [1.807, 2.05) is 23.1 Å². The highest BCUT2D eigenvalue weighted by molar-refractivity contribution is 6.03. The average molecular weight is 1020 g/mol. The van der Waals surface area contributed by atoms with Crippen molar-refractivity contribution in [2.45, 2.75) is 154 Å². The lowest BCUT2D eigenvalue weighted by Crippen LogP contribution is -2.70. The van der Waals surface area contributed by atoms with E-state index in [0.717, 1.165) is 61.6 Å². The Morgan fingerprint density at radius 3 is 2.24 bits per heavy atom. The molecule has 4 aromatic carbocycles. The molecule has 3 aliphatic rings. The quantitative estimate of drug-likeness (QED) is 0.0217. The first kappa shape index (κ1) is 55.8. The number of fused-ring (bicyclic) bond motifs is 2. The summed E-state index contributed by atoms with van der Waals surface area (Å²) in [7, 11) is 0. The van der Waals surface area contributed by atoms with Crippen molar-refractivity contribution in [2.75, 3.05) is 19.8 Å². The molecule has 1 aliphatic heterocycles. The number of carbonyl (C=O) groups is 1. The number of aliphatic hydroxyl groups excluding tert-OH is 2. The first-order chi connectivity index (χ1) is 36.1. The zero-order valence-electron chi connectivity index (χ0n) is 43.0. The molecule has 0 unspecified atom stereocenters. The molecule has 74 heavy (non-hydrogen) atoms. The number of non-ortho nitro benzene ring substituents is 1. The molecule has 1 heterocycles. The monoisotopic (exact) mass is 1020 g/mol. The number of ether oxygens (including phenoxy) is 3. The number of carbonyl (C=O) groups excluding carboxylic acids is 1. The third kappa shape index (κ3) is 14.2. The predicted molar refractivity (Wildman–Crippen MR) is 282 cm³/mol. The number of rotatable bonds is 31. The van der Waals surface area contributed by atoms with Gasteiger partial charge in [0.1, 0.15) is 42.4 Å². The number of aliphatic hydroxyl groups is 2. The van der Waals surface area contributed by atoms with Crippen molar-refractivity contribution in [3.8, 4) is 11.5 Å². The number of allylic oxidation sites excluding steroid dienone is 1. The normalized spacial score (nSPS) is 21.2. The lowest BCUT2D eigenvalue weighted by Gasteiger charge is -2.60. The van der Waals surface area contributed by atoms with Crippen molar-refractivity contribution in [2.24, 2.45) is 22.9 Å². The molecule has 4 aromatic rings. The van der Waals surface area contributed by atoms with Crippen LogP contribution in [0, 0.1) is 39.5 Å². The van der Waals surface area contributed by atoms with Crippen molar-refractivity contribution in [1.29, 1.82) is 0 Å². The predicted octanol–water partition coefficient (Wildman–Crippen LogP) is 13.2. The van der Waals surface area contributed by atoms with Crippen LogP contribution in [0.3, 0.4) is 0 Å². The van der Waals surface area contributed by atoms with E-state index >= 15 is 4.79 Å². The number of benzene rings is 4. The maximum absolute atomic E-state index is 15.3. The van der Waals surface area contributed by atoms with Crippen LogP contribution >= 0.6 is 0 Å². The van der Waals surface area contributed by atoms with Gasteiger partial charge in [0, 0.05) is 61.8 Å². The van der Waals surface area contributed by atoms with Gasteiger partial charge in [-0.25, -0.2) is 8.78 Å². The Balaban J connectivity index is 1.37. The van der Waals surface area contributed by atoms with Crippen LogP contribution in [0.15, 0.2) is 120 Å². The van der Waals surface area contributed by atoms with Crippen LogP contribution < -0.4 is 9.47 Å². The molecule has 0 saturated heterocycles. The second kappa shape index (κ2) is 28.1. The minimum absolute atomic E-state index is 0.00788. The van der Waals surface area contributed by atoms with E-state index in [4.69, 9.17) is 24.2 Å². The number of halogens is 2. The highest BCUT2D eigenvalue weighted by atomic mass is 19.1. The molecule has 1 amide bonds. The van der Waals surface area contributed by atoms with Crippen molar-refractivity contribution >= 4 is 17.3 Å². The summed E-state index contributed by atoms with van der Waals surface area (Å²) in [6.45, 7) is 6.55. The summed E-state index contributed by atoms with van der Waals surface area (Å²) in [6.07, 6.45) is 18.2. The molecule has 7 rings (SSSR count). The van der Waals surface area contributed by atoms with Crippen molar-refractivity contribution in [3.63, 3.8) is 0 Å². The van der Waals surface area contributed by atoms with Gasteiger partial charge in [-0.05, 0) is 109 Å².